The number of fused-ring (bicyclic) bond motifs is 1. The Labute approximate surface area is 218 Å². The Kier molecular flexibility index (Phi) is 7.47. The van der Waals surface area contributed by atoms with E-state index in [4.69, 9.17) is 0 Å². The molecule has 0 aliphatic heterocycles. The van der Waals surface area contributed by atoms with Crippen LogP contribution in [-0.4, -0.2) is 0 Å². The highest BCUT2D eigenvalue weighted by Crippen LogP contribution is 2.41. The highest BCUT2D eigenvalue weighted by atomic mass is 19.3. The summed E-state index contributed by atoms with van der Waals surface area (Å²) in [6, 6.07) is 10.3. The molecule has 0 radical (unpaired) electrons. The maximum Gasteiger partial charge on any atom is 0.426 e. The molecular formula is C31H30F6O. The molecule has 1 saturated carbocycles. The van der Waals surface area contributed by atoms with Gasteiger partial charge < -0.3 is 4.74 Å². The van der Waals surface area contributed by atoms with Crippen LogP contribution in [0.2, 0.25) is 0 Å². The molecule has 0 heterocycles. The van der Waals surface area contributed by atoms with Crippen molar-refractivity contribution in [2.24, 2.45) is 5.92 Å². The van der Waals surface area contributed by atoms with Gasteiger partial charge in [-0.25, -0.2) is 17.6 Å². The van der Waals surface area contributed by atoms with Crippen LogP contribution in [0.5, 0.6) is 5.75 Å². The molecule has 1 unspecified atom stereocenters. The number of benzene rings is 3. The summed E-state index contributed by atoms with van der Waals surface area (Å²) < 4.78 is 89.5. The third-order valence-electron chi connectivity index (χ3n) is 8.16. The minimum absolute atomic E-state index is 0.176. The van der Waals surface area contributed by atoms with Crippen molar-refractivity contribution in [3.05, 3.63) is 99.6 Å². The van der Waals surface area contributed by atoms with Crippen LogP contribution in [-0.2, 0) is 19.0 Å². The zero-order chi connectivity index (χ0) is 27.0. The van der Waals surface area contributed by atoms with Crippen LogP contribution in [0, 0.1) is 29.2 Å². The topological polar surface area (TPSA) is 9.23 Å². The monoisotopic (exact) mass is 532 g/mol. The summed E-state index contributed by atoms with van der Waals surface area (Å²) in [6.07, 6.45) is 3.97. The molecule has 1 nitrogen and oxygen atoms in total. The van der Waals surface area contributed by atoms with E-state index >= 15 is 4.39 Å². The number of rotatable bonds is 7. The van der Waals surface area contributed by atoms with Gasteiger partial charge in [0.2, 0.25) is 0 Å². The van der Waals surface area contributed by atoms with E-state index in [0.717, 1.165) is 29.9 Å². The Balaban J connectivity index is 1.28. The fourth-order valence-electron chi connectivity index (χ4n) is 6.14. The highest BCUT2D eigenvalue weighted by Gasteiger charge is 2.37. The van der Waals surface area contributed by atoms with Crippen LogP contribution in [0.1, 0.15) is 85.1 Å². The molecule has 0 saturated heterocycles. The van der Waals surface area contributed by atoms with Crippen molar-refractivity contribution in [3.63, 3.8) is 0 Å². The first-order chi connectivity index (χ1) is 18.1. The smallest absolute Gasteiger partial charge is 0.426 e. The van der Waals surface area contributed by atoms with Crippen molar-refractivity contribution >= 4 is 0 Å². The van der Waals surface area contributed by atoms with Gasteiger partial charge in [-0.05, 0) is 96.7 Å². The first kappa shape index (κ1) is 26.6. The van der Waals surface area contributed by atoms with Gasteiger partial charge in [0.15, 0.2) is 17.5 Å². The minimum atomic E-state index is -3.91. The lowest BCUT2D eigenvalue weighted by molar-refractivity contribution is -0.185. The molecule has 2 aliphatic rings. The Hall–Kier alpha value is -2.96. The molecule has 2 aliphatic carbocycles. The number of hydrogen-bond acceptors (Lipinski definition) is 1. The lowest BCUT2D eigenvalue weighted by Crippen LogP contribution is -2.22. The molecule has 1 atom stereocenters. The van der Waals surface area contributed by atoms with Crippen LogP contribution in [0.3, 0.4) is 0 Å². The first-order valence-corrected chi connectivity index (χ1v) is 13.3. The summed E-state index contributed by atoms with van der Waals surface area (Å²) in [5.41, 5.74) is 2.59. The molecular weight excluding hydrogens is 502 g/mol. The van der Waals surface area contributed by atoms with E-state index in [1.165, 1.54) is 37.8 Å². The largest absolute Gasteiger partial charge is 0.429 e. The quantitative estimate of drug-likeness (QED) is 0.218. The van der Waals surface area contributed by atoms with Crippen molar-refractivity contribution in [1.29, 1.82) is 0 Å². The SMILES string of the molecule is CCCC1CCC(c2ccc(C3Cc4ccc(C(F)(F)Oc5cc(F)c(F)c(F)c5)cc4C3)c(F)c2)CC1. The molecule has 3 aromatic rings. The number of ether oxygens (including phenoxy) is 1. The molecule has 0 N–H and O–H groups in total. The minimum Gasteiger partial charge on any atom is -0.429 e. The maximum atomic E-state index is 15.3. The van der Waals surface area contributed by atoms with Gasteiger partial charge in [0.1, 0.15) is 11.6 Å². The van der Waals surface area contributed by atoms with Crippen molar-refractivity contribution in [2.75, 3.05) is 0 Å². The standard InChI is InChI=1S/C31H30F6O/c1-2-3-18-4-6-19(7-5-18)21-9-11-26(27(32)15-21)23-12-20-8-10-24(14-22(20)13-23)31(36,37)38-25-16-28(33)30(35)29(34)17-25/h8-11,14-19,23H,2-7,12-13H2,1H3. The third kappa shape index (κ3) is 5.43. The second-order valence-electron chi connectivity index (χ2n) is 10.7. The Morgan fingerprint density at radius 3 is 2.11 bits per heavy atom. The van der Waals surface area contributed by atoms with Gasteiger partial charge in [-0.1, -0.05) is 38.0 Å². The van der Waals surface area contributed by atoms with Crippen LogP contribution >= 0.6 is 0 Å². The highest BCUT2D eigenvalue weighted by molar-refractivity contribution is 5.42. The molecule has 3 aromatic carbocycles. The predicted molar refractivity (Wildman–Crippen MR) is 133 cm³/mol. The van der Waals surface area contributed by atoms with Crippen LogP contribution < -0.4 is 4.74 Å². The van der Waals surface area contributed by atoms with Crippen molar-refractivity contribution in [1.82, 2.24) is 0 Å². The second kappa shape index (κ2) is 10.7. The van der Waals surface area contributed by atoms with Gasteiger partial charge >= 0.3 is 6.11 Å². The number of hydrogen-bond donors (Lipinski definition) is 0. The van der Waals surface area contributed by atoms with Crippen molar-refractivity contribution < 1.29 is 31.1 Å². The van der Waals surface area contributed by atoms with E-state index in [1.54, 1.807) is 12.1 Å². The fraction of sp³-hybridized carbons (Fsp3) is 0.419. The molecule has 0 aromatic heterocycles. The Bertz CT molecular complexity index is 1290. The van der Waals surface area contributed by atoms with E-state index < -0.39 is 34.9 Å². The van der Waals surface area contributed by atoms with Crippen molar-refractivity contribution in [2.45, 2.75) is 76.2 Å². The molecule has 0 amide bonds. The van der Waals surface area contributed by atoms with Crippen LogP contribution in [0.4, 0.5) is 26.3 Å². The molecule has 38 heavy (non-hydrogen) atoms. The van der Waals surface area contributed by atoms with Gasteiger partial charge in [0.05, 0.1) is 5.56 Å². The van der Waals surface area contributed by atoms with Gasteiger partial charge in [-0.3, -0.25) is 0 Å². The molecule has 0 spiro atoms. The molecule has 0 bridgehead atoms. The average molecular weight is 533 g/mol. The van der Waals surface area contributed by atoms with Crippen LogP contribution in [0.25, 0.3) is 0 Å². The van der Waals surface area contributed by atoms with E-state index in [2.05, 4.69) is 11.7 Å². The zero-order valence-electron chi connectivity index (χ0n) is 21.2. The lowest BCUT2D eigenvalue weighted by Gasteiger charge is -2.29. The van der Waals surface area contributed by atoms with Gasteiger partial charge in [0, 0.05) is 12.1 Å². The van der Waals surface area contributed by atoms with Gasteiger partial charge in [-0.15, -0.1) is 0 Å². The zero-order valence-corrected chi connectivity index (χ0v) is 21.2. The van der Waals surface area contributed by atoms with E-state index in [0.29, 0.717) is 42.0 Å². The predicted octanol–water partition coefficient (Wildman–Crippen LogP) is 9.33. The van der Waals surface area contributed by atoms with E-state index in [-0.39, 0.29) is 11.7 Å². The summed E-state index contributed by atoms with van der Waals surface area (Å²) >= 11 is 0. The van der Waals surface area contributed by atoms with Crippen molar-refractivity contribution in [3.8, 4) is 5.75 Å². The number of halogens is 6. The summed E-state index contributed by atoms with van der Waals surface area (Å²) in [6.45, 7) is 2.21. The summed E-state index contributed by atoms with van der Waals surface area (Å²) in [5.74, 6) is -5.11. The fourth-order valence-corrected chi connectivity index (χ4v) is 6.14. The summed E-state index contributed by atoms with van der Waals surface area (Å²) in [7, 11) is 0. The molecule has 1 fully saturated rings. The first-order valence-electron chi connectivity index (χ1n) is 13.3. The van der Waals surface area contributed by atoms with Crippen LogP contribution in [0.15, 0.2) is 48.5 Å². The van der Waals surface area contributed by atoms with Gasteiger partial charge in [0.25, 0.3) is 0 Å². The third-order valence-corrected chi connectivity index (χ3v) is 8.16. The average Bonchev–Trinajstić information content (AvgIpc) is 3.31. The normalized spacial score (nSPS) is 21.4. The number of alkyl halides is 2. The maximum absolute atomic E-state index is 15.3. The Morgan fingerprint density at radius 1 is 0.763 bits per heavy atom. The summed E-state index contributed by atoms with van der Waals surface area (Å²) in [4.78, 5) is 0. The lowest BCUT2D eigenvalue weighted by atomic mass is 9.77. The molecule has 5 rings (SSSR count). The van der Waals surface area contributed by atoms with E-state index in [1.807, 2.05) is 12.1 Å². The molecule has 7 heteroatoms. The van der Waals surface area contributed by atoms with E-state index in [9.17, 15) is 22.0 Å². The Morgan fingerprint density at radius 2 is 1.45 bits per heavy atom. The summed E-state index contributed by atoms with van der Waals surface area (Å²) in [5, 5.41) is 0. The van der Waals surface area contributed by atoms with Gasteiger partial charge in [-0.2, -0.15) is 8.78 Å². The molecule has 202 valence electrons. The second-order valence-corrected chi connectivity index (χ2v) is 10.7.